The smallest absolute Gasteiger partial charge is 0.294 e. The van der Waals surface area contributed by atoms with E-state index in [2.05, 4.69) is 65.7 Å². The molecule has 7 heterocycles. The second-order valence-electron chi connectivity index (χ2n) is 16.3. The lowest BCUT2D eigenvalue weighted by atomic mass is 9.92. The molecule has 17 nitrogen and oxygen atoms in total. The number of piperidine rings is 2. The van der Waals surface area contributed by atoms with E-state index in [1.54, 1.807) is 23.0 Å². The number of amides is 3. The Hall–Kier alpha value is -5.81. The molecule has 0 spiro atoms. The van der Waals surface area contributed by atoms with E-state index in [0.717, 1.165) is 74.4 Å². The van der Waals surface area contributed by atoms with Crippen molar-refractivity contribution in [2.75, 3.05) is 68.0 Å². The van der Waals surface area contributed by atoms with Crippen LogP contribution in [0.15, 0.2) is 47.5 Å². The third-order valence-electron chi connectivity index (χ3n) is 11.9. The van der Waals surface area contributed by atoms with Crippen molar-refractivity contribution in [1.82, 2.24) is 44.8 Å². The molecule has 3 aliphatic heterocycles. The summed E-state index contributed by atoms with van der Waals surface area (Å²) in [5.74, 6) is 0.399. The zero-order valence-corrected chi connectivity index (χ0v) is 35.3. The Labute approximate surface area is 352 Å². The van der Waals surface area contributed by atoms with Crippen LogP contribution >= 0.6 is 11.6 Å². The molecule has 316 valence electrons. The molecule has 1 aromatic carbocycles. The van der Waals surface area contributed by atoms with E-state index >= 15 is 0 Å². The molecule has 3 fully saturated rings. The molecule has 0 radical (unpaired) electrons. The van der Waals surface area contributed by atoms with Crippen molar-refractivity contribution in [3.05, 3.63) is 63.8 Å². The van der Waals surface area contributed by atoms with Crippen molar-refractivity contribution in [3.8, 4) is 5.75 Å². The molecule has 1 unspecified atom stereocenters. The van der Waals surface area contributed by atoms with Crippen LogP contribution < -0.4 is 36.0 Å². The highest BCUT2D eigenvalue weighted by Crippen LogP contribution is 2.34. The summed E-state index contributed by atoms with van der Waals surface area (Å²) in [5, 5.41) is 14.9. The average Bonchev–Trinajstić information content (AvgIpc) is 3.56. The van der Waals surface area contributed by atoms with E-state index in [1.807, 2.05) is 31.6 Å². The van der Waals surface area contributed by atoms with Crippen LogP contribution in [-0.4, -0.2) is 111 Å². The maximum atomic E-state index is 13.2. The van der Waals surface area contributed by atoms with Crippen LogP contribution in [0.4, 0.5) is 23.1 Å². The fraction of sp³-hybridized carbons (Fsp3) is 0.476. The zero-order valence-electron chi connectivity index (χ0n) is 34.6. The van der Waals surface area contributed by atoms with Gasteiger partial charge in [0.05, 0.1) is 35.2 Å². The molecule has 4 aromatic heterocycles. The summed E-state index contributed by atoms with van der Waals surface area (Å²) in [7, 11) is 3.42. The number of rotatable bonds is 11. The predicted molar refractivity (Wildman–Crippen MR) is 230 cm³/mol. The largest absolute Gasteiger partial charge is 0.478 e. The van der Waals surface area contributed by atoms with Crippen molar-refractivity contribution in [3.63, 3.8) is 0 Å². The highest BCUT2D eigenvalue weighted by Gasteiger charge is 2.33. The first kappa shape index (κ1) is 40.9. The van der Waals surface area contributed by atoms with Crippen molar-refractivity contribution in [2.24, 2.45) is 13.0 Å². The third kappa shape index (κ3) is 8.32. The van der Waals surface area contributed by atoms with Gasteiger partial charge >= 0.3 is 0 Å². The lowest BCUT2D eigenvalue weighted by Gasteiger charge is -2.43. The Kier molecular flexibility index (Phi) is 11.6. The van der Waals surface area contributed by atoms with Gasteiger partial charge in [-0.15, -0.1) is 0 Å². The van der Waals surface area contributed by atoms with Crippen LogP contribution in [0.3, 0.4) is 0 Å². The number of nitrogens with one attached hydrogen (secondary N) is 3. The Morgan fingerprint density at radius 2 is 1.82 bits per heavy atom. The van der Waals surface area contributed by atoms with Gasteiger partial charge in [-0.3, -0.25) is 38.6 Å². The van der Waals surface area contributed by atoms with E-state index in [9.17, 15) is 19.2 Å². The van der Waals surface area contributed by atoms with Crippen molar-refractivity contribution < 1.29 is 19.1 Å². The summed E-state index contributed by atoms with van der Waals surface area (Å²) in [5.41, 5.74) is 3.60. The number of aromatic nitrogens is 6. The van der Waals surface area contributed by atoms with E-state index < -0.39 is 5.92 Å². The Bertz CT molecular complexity index is 2510. The van der Waals surface area contributed by atoms with Crippen LogP contribution in [0, 0.1) is 5.92 Å². The van der Waals surface area contributed by atoms with Gasteiger partial charge < -0.3 is 25.2 Å². The quantitative estimate of drug-likeness (QED) is 0.162. The third-order valence-corrected chi connectivity index (χ3v) is 12.2. The van der Waals surface area contributed by atoms with Gasteiger partial charge in [0.1, 0.15) is 10.7 Å². The summed E-state index contributed by atoms with van der Waals surface area (Å²) in [6.45, 7) is 11.3. The number of fused-ring (bicyclic) bond motifs is 2. The van der Waals surface area contributed by atoms with Gasteiger partial charge in [0.25, 0.3) is 11.5 Å². The lowest BCUT2D eigenvalue weighted by molar-refractivity contribution is -0.134. The summed E-state index contributed by atoms with van der Waals surface area (Å²) in [4.78, 5) is 70.6. The fourth-order valence-electron chi connectivity index (χ4n) is 8.63. The lowest BCUT2D eigenvalue weighted by Crippen LogP contribution is -2.53. The number of carbonyl (C=O) groups is 3. The number of piperazine rings is 1. The van der Waals surface area contributed by atoms with E-state index in [4.69, 9.17) is 26.4 Å². The molecule has 18 heteroatoms. The number of anilines is 4. The van der Waals surface area contributed by atoms with Crippen LogP contribution in [-0.2, 0) is 21.4 Å². The zero-order chi connectivity index (χ0) is 42.2. The van der Waals surface area contributed by atoms with Gasteiger partial charge in [0.2, 0.25) is 17.8 Å². The van der Waals surface area contributed by atoms with Crippen molar-refractivity contribution in [2.45, 2.75) is 64.5 Å². The Balaban J connectivity index is 0.876. The first-order valence-electron chi connectivity index (χ1n) is 20.6. The molecule has 0 bridgehead atoms. The van der Waals surface area contributed by atoms with E-state index in [-0.39, 0.29) is 41.7 Å². The standard InChI is InChI=1S/C42H51ClN12O5/c1-24(2)55-39-27(17-34(41(55)59)60-23-36(57)44-4)16-28(19-45-39)47-38-32(43)20-46-42(49-38)52-12-10-26(11-13-52)22-53-14-15-54(21-25(53)3)29-6-7-30-33(18-29)51(5)50-37(30)31-8-9-35(56)48-40(31)58/h6-7,16-20,24-26,31H,8-15,21-23H2,1-5H3,(H,44,57)(H,46,47,49)(H,48,56,58)/t25-,31?/m1/s1. The van der Waals surface area contributed by atoms with Gasteiger partial charge in [-0.05, 0) is 76.3 Å². The van der Waals surface area contributed by atoms with Crippen LogP contribution in [0.5, 0.6) is 5.75 Å². The summed E-state index contributed by atoms with van der Waals surface area (Å²) in [6, 6.07) is 9.99. The first-order valence-corrected chi connectivity index (χ1v) is 21.0. The average molecular weight is 839 g/mol. The second-order valence-corrected chi connectivity index (χ2v) is 16.7. The molecule has 0 aliphatic carbocycles. The SMILES string of the molecule is CNC(=O)COc1cc2cc(Nc3nc(N4CCC(CN5CCN(c6ccc7c(C8CCC(=O)NC8=O)nn(C)c7c6)C[C@H]5C)CC4)ncc3Cl)cnc2n(C(C)C)c1=O. The summed E-state index contributed by atoms with van der Waals surface area (Å²) < 4.78 is 8.99. The Morgan fingerprint density at radius 3 is 2.55 bits per heavy atom. The number of halogens is 1. The summed E-state index contributed by atoms with van der Waals surface area (Å²) in [6.07, 6.45) is 6.08. The number of ether oxygens (including phenoxy) is 1. The number of benzene rings is 1. The van der Waals surface area contributed by atoms with Crippen molar-refractivity contribution in [1.29, 1.82) is 0 Å². The first-order chi connectivity index (χ1) is 28.9. The number of hydrogen-bond acceptors (Lipinski definition) is 13. The summed E-state index contributed by atoms with van der Waals surface area (Å²) >= 11 is 6.60. The molecule has 3 aliphatic rings. The van der Waals surface area contributed by atoms with Crippen LogP contribution in [0.2, 0.25) is 5.02 Å². The van der Waals surface area contributed by atoms with Crippen molar-refractivity contribution >= 4 is 74.4 Å². The molecule has 3 amide bonds. The normalized spacial score (nSPS) is 19.3. The molecular formula is C42H51ClN12O5. The van der Waals surface area contributed by atoms with Gasteiger partial charge in [0.15, 0.2) is 18.2 Å². The molecule has 3 saturated heterocycles. The fourth-order valence-corrected chi connectivity index (χ4v) is 8.77. The van der Waals surface area contributed by atoms with Gasteiger partial charge in [-0.1, -0.05) is 11.6 Å². The highest BCUT2D eigenvalue weighted by atomic mass is 35.5. The number of likely N-dealkylation sites (N-methyl/N-ethyl adjacent to an activating group) is 1. The Morgan fingerprint density at radius 1 is 1.02 bits per heavy atom. The molecule has 0 saturated carbocycles. The number of imide groups is 1. The minimum atomic E-state index is -0.421. The monoisotopic (exact) mass is 838 g/mol. The highest BCUT2D eigenvalue weighted by molar-refractivity contribution is 6.33. The topological polar surface area (TPSA) is 185 Å². The molecule has 5 aromatic rings. The molecular weight excluding hydrogens is 788 g/mol. The maximum absolute atomic E-state index is 13.2. The molecule has 3 N–H and O–H groups in total. The number of carbonyl (C=O) groups excluding carboxylic acids is 3. The molecule has 60 heavy (non-hydrogen) atoms. The minimum Gasteiger partial charge on any atom is -0.478 e. The van der Waals surface area contributed by atoms with E-state index in [0.29, 0.717) is 58.3 Å². The maximum Gasteiger partial charge on any atom is 0.294 e. The van der Waals surface area contributed by atoms with Crippen LogP contribution in [0.25, 0.3) is 21.9 Å². The van der Waals surface area contributed by atoms with Gasteiger partial charge in [-0.25, -0.2) is 9.97 Å². The molecule has 2 atom stereocenters. The van der Waals surface area contributed by atoms with Gasteiger partial charge in [-0.2, -0.15) is 10.1 Å². The second kappa shape index (κ2) is 17.0. The predicted octanol–water partition coefficient (Wildman–Crippen LogP) is 4.12. The number of aryl methyl sites for hydroxylation is 1. The number of hydrogen-bond donors (Lipinski definition) is 3. The number of pyridine rings is 2. The number of nitrogens with zero attached hydrogens (tertiary/aromatic N) is 9. The molecule has 8 rings (SSSR count). The van der Waals surface area contributed by atoms with Gasteiger partial charge in [0, 0.05) is 88.3 Å². The van der Waals surface area contributed by atoms with E-state index in [1.165, 1.54) is 7.05 Å². The van der Waals surface area contributed by atoms with Crippen LogP contribution in [0.1, 0.15) is 64.1 Å². The minimum absolute atomic E-state index is 0.0600.